The molecule has 1 aliphatic heterocycles. The van der Waals surface area contributed by atoms with Gasteiger partial charge in [0.1, 0.15) is 0 Å². The molecule has 9 heavy (non-hydrogen) atoms. The molecule has 0 spiro atoms. The fraction of sp³-hybridized carbons (Fsp3) is 1.00. The van der Waals surface area contributed by atoms with Crippen LogP contribution in [0.25, 0.3) is 0 Å². The van der Waals surface area contributed by atoms with E-state index >= 15 is 0 Å². The van der Waals surface area contributed by atoms with Crippen molar-refractivity contribution in [2.24, 2.45) is 5.73 Å². The number of ether oxygens (including phenoxy) is 1. The minimum Gasteiger partial charge on any atom is -0.381 e. The SMILES string of the molecule is NCC1(Cl)CCOCC1. The molecule has 0 aliphatic carbocycles. The molecular weight excluding hydrogens is 138 g/mol. The third-order valence-electron chi connectivity index (χ3n) is 1.75. The number of hydrogen-bond acceptors (Lipinski definition) is 2. The van der Waals surface area contributed by atoms with Crippen molar-refractivity contribution in [1.29, 1.82) is 0 Å². The van der Waals surface area contributed by atoms with Crippen molar-refractivity contribution >= 4 is 11.6 Å². The van der Waals surface area contributed by atoms with E-state index in [1.54, 1.807) is 0 Å². The fourth-order valence-corrected chi connectivity index (χ4v) is 1.10. The zero-order valence-corrected chi connectivity index (χ0v) is 6.16. The zero-order valence-electron chi connectivity index (χ0n) is 5.40. The topological polar surface area (TPSA) is 35.2 Å². The van der Waals surface area contributed by atoms with Crippen LogP contribution in [0.4, 0.5) is 0 Å². The molecule has 0 atom stereocenters. The highest BCUT2D eigenvalue weighted by Gasteiger charge is 2.27. The highest BCUT2D eigenvalue weighted by atomic mass is 35.5. The molecule has 0 aromatic heterocycles. The van der Waals surface area contributed by atoms with Gasteiger partial charge in [0.25, 0.3) is 0 Å². The minimum atomic E-state index is -0.155. The van der Waals surface area contributed by atoms with Crippen molar-refractivity contribution in [2.75, 3.05) is 19.8 Å². The van der Waals surface area contributed by atoms with E-state index in [-0.39, 0.29) is 4.87 Å². The van der Waals surface area contributed by atoms with Crippen molar-refractivity contribution in [2.45, 2.75) is 17.7 Å². The van der Waals surface area contributed by atoms with Crippen molar-refractivity contribution in [3.05, 3.63) is 0 Å². The largest absolute Gasteiger partial charge is 0.381 e. The minimum absolute atomic E-state index is 0.155. The molecule has 2 N–H and O–H groups in total. The van der Waals surface area contributed by atoms with E-state index < -0.39 is 0 Å². The first kappa shape index (κ1) is 7.32. The van der Waals surface area contributed by atoms with Gasteiger partial charge < -0.3 is 10.5 Å². The van der Waals surface area contributed by atoms with E-state index in [4.69, 9.17) is 22.1 Å². The van der Waals surface area contributed by atoms with Gasteiger partial charge in [-0.3, -0.25) is 0 Å². The van der Waals surface area contributed by atoms with Crippen molar-refractivity contribution in [3.8, 4) is 0 Å². The maximum absolute atomic E-state index is 6.05. The molecule has 0 amide bonds. The van der Waals surface area contributed by atoms with E-state index in [1.807, 2.05) is 0 Å². The molecule has 0 unspecified atom stereocenters. The third-order valence-corrected chi connectivity index (χ3v) is 2.29. The molecule has 1 heterocycles. The predicted molar refractivity (Wildman–Crippen MR) is 37.7 cm³/mol. The van der Waals surface area contributed by atoms with Crippen LogP contribution in [0.2, 0.25) is 0 Å². The van der Waals surface area contributed by atoms with Gasteiger partial charge in [-0.05, 0) is 12.8 Å². The van der Waals surface area contributed by atoms with E-state index in [1.165, 1.54) is 0 Å². The fourth-order valence-electron chi connectivity index (χ4n) is 0.941. The number of alkyl halides is 1. The Balaban J connectivity index is 2.37. The number of halogens is 1. The Morgan fingerprint density at radius 2 is 2.00 bits per heavy atom. The van der Waals surface area contributed by atoms with Crippen LogP contribution in [0.15, 0.2) is 0 Å². The summed E-state index contributed by atoms with van der Waals surface area (Å²) in [4.78, 5) is -0.155. The molecule has 54 valence electrons. The van der Waals surface area contributed by atoms with Crippen LogP contribution >= 0.6 is 11.6 Å². The number of hydrogen-bond donors (Lipinski definition) is 1. The smallest absolute Gasteiger partial charge is 0.0612 e. The highest BCUT2D eigenvalue weighted by molar-refractivity contribution is 6.24. The van der Waals surface area contributed by atoms with Gasteiger partial charge in [0.05, 0.1) is 4.87 Å². The van der Waals surface area contributed by atoms with Gasteiger partial charge in [-0.15, -0.1) is 11.6 Å². The second-order valence-corrected chi connectivity index (χ2v) is 3.27. The van der Waals surface area contributed by atoms with Crippen LogP contribution in [-0.4, -0.2) is 24.6 Å². The summed E-state index contributed by atoms with van der Waals surface area (Å²) in [6, 6.07) is 0. The van der Waals surface area contributed by atoms with Gasteiger partial charge in [-0.2, -0.15) is 0 Å². The Morgan fingerprint density at radius 3 is 2.33 bits per heavy atom. The van der Waals surface area contributed by atoms with Crippen molar-refractivity contribution < 1.29 is 4.74 Å². The number of nitrogens with two attached hydrogens (primary N) is 1. The Bertz CT molecular complexity index is 91.1. The van der Waals surface area contributed by atoms with E-state index in [2.05, 4.69) is 0 Å². The normalized spacial score (nSPS) is 26.0. The van der Waals surface area contributed by atoms with Crippen LogP contribution in [-0.2, 0) is 4.74 Å². The third kappa shape index (κ3) is 1.81. The first-order valence-corrected chi connectivity index (χ1v) is 3.61. The summed E-state index contributed by atoms with van der Waals surface area (Å²) in [7, 11) is 0. The Kier molecular flexibility index (Phi) is 2.33. The van der Waals surface area contributed by atoms with Gasteiger partial charge in [-0.1, -0.05) is 0 Å². The molecule has 0 aromatic rings. The average Bonchev–Trinajstić information content (AvgIpc) is 1.90. The maximum Gasteiger partial charge on any atom is 0.0612 e. The second kappa shape index (κ2) is 2.86. The van der Waals surface area contributed by atoms with Crippen molar-refractivity contribution in [1.82, 2.24) is 0 Å². The second-order valence-electron chi connectivity index (χ2n) is 2.47. The maximum atomic E-state index is 6.05. The van der Waals surface area contributed by atoms with Crippen LogP contribution in [0.3, 0.4) is 0 Å². The Hall–Kier alpha value is 0.210. The van der Waals surface area contributed by atoms with E-state index in [0.717, 1.165) is 26.1 Å². The summed E-state index contributed by atoms with van der Waals surface area (Å²) >= 11 is 6.05. The first-order valence-electron chi connectivity index (χ1n) is 3.24. The lowest BCUT2D eigenvalue weighted by atomic mass is 10.00. The van der Waals surface area contributed by atoms with Gasteiger partial charge >= 0.3 is 0 Å². The van der Waals surface area contributed by atoms with Gasteiger partial charge in [0, 0.05) is 19.8 Å². The summed E-state index contributed by atoms with van der Waals surface area (Å²) in [5.41, 5.74) is 5.45. The predicted octanol–water partition coefficient (Wildman–Crippen LogP) is 0.733. The molecule has 1 rings (SSSR count). The monoisotopic (exact) mass is 149 g/mol. The van der Waals surface area contributed by atoms with Gasteiger partial charge in [-0.25, -0.2) is 0 Å². The standard InChI is InChI=1S/C6H12ClNO/c7-6(5-8)1-3-9-4-2-6/h1-5,8H2. The Labute approximate surface area is 60.3 Å². The molecule has 3 heteroatoms. The van der Waals surface area contributed by atoms with Crippen LogP contribution < -0.4 is 5.73 Å². The van der Waals surface area contributed by atoms with E-state index in [9.17, 15) is 0 Å². The molecule has 0 saturated carbocycles. The zero-order chi connectivity index (χ0) is 6.74. The summed E-state index contributed by atoms with van der Waals surface area (Å²) in [6.07, 6.45) is 1.79. The highest BCUT2D eigenvalue weighted by Crippen LogP contribution is 2.26. The van der Waals surface area contributed by atoms with Crippen LogP contribution in [0.1, 0.15) is 12.8 Å². The summed E-state index contributed by atoms with van der Waals surface area (Å²) in [5, 5.41) is 0. The summed E-state index contributed by atoms with van der Waals surface area (Å²) < 4.78 is 5.13. The molecule has 2 nitrogen and oxygen atoms in total. The average molecular weight is 150 g/mol. The summed E-state index contributed by atoms with van der Waals surface area (Å²) in [5.74, 6) is 0. The van der Waals surface area contributed by atoms with Crippen molar-refractivity contribution in [3.63, 3.8) is 0 Å². The summed E-state index contributed by atoms with van der Waals surface area (Å²) in [6.45, 7) is 2.10. The van der Waals surface area contributed by atoms with Gasteiger partial charge in [0.2, 0.25) is 0 Å². The van der Waals surface area contributed by atoms with Crippen LogP contribution in [0, 0.1) is 0 Å². The molecule has 0 radical (unpaired) electrons. The lowest BCUT2D eigenvalue weighted by Gasteiger charge is -2.29. The molecule has 0 aromatic carbocycles. The first-order chi connectivity index (χ1) is 4.27. The van der Waals surface area contributed by atoms with E-state index in [0.29, 0.717) is 6.54 Å². The molecule has 0 bridgehead atoms. The Morgan fingerprint density at radius 1 is 1.44 bits per heavy atom. The molecule has 1 fully saturated rings. The molecule has 1 aliphatic rings. The van der Waals surface area contributed by atoms with Gasteiger partial charge in [0.15, 0.2) is 0 Å². The lowest BCUT2D eigenvalue weighted by molar-refractivity contribution is 0.0773. The quantitative estimate of drug-likeness (QED) is 0.558. The molecule has 1 saturated heterocycles. The lowest BCUT2D eigenvalue weighted by Crippen LogP contribution is -2.37. The molecular formula is C6H12ClNO. The van der Waals surface area contributed by atoms with Crippen LogP contribution in [0.5, 0.6) is 0 Å². The number of rotatable bonds is 1.